The molecule has 1 unspecified atom stereocenters. The van der Waals surface area contributed by atoms with E-state index in [0.29, 0.717) is 13.2 Å². The van der Waals surface area contributed by atoms with Gasteiger partial charge >= 0.3 is 0 Å². The maximum atomic E-state index is 11.5. The zero-order valence-electron chi connectivity index (χ0n) is 22.7. The lowest BCUT2D eigenvalue weighted by Gasteiger charge is -2.34. The first kappa shape index (κ1) is 27.4. The number of nitrogens with zero attached hydrogens (tertiary/aromatic N) is 3. The lowest BCUT2D eigenvalue weighted by Crippen LogP contribution is -2.48. The number of carbonyl (C=O) groups is 1. The Morgan fingerprint density at radius 2 is 1.38 bits per heavy atom. The highest BCUT2D eigenvalue weighted by molar-refractivity contribution is 5.74. The molecule has 2 fully saturated rings. The van der Waals surface area contributed by atoms with Crippen molar-refractivity contribution in [2.45, 2.75) is 46.1 Å². The van der Waals surface area contributed by atoms with Crippen molar-refractivity contribution in [2.24, 2.45) is 0 Å². The van der Waals surface area contributed by atoms with Gasteiger partial charge in [-0.1, -0.05) is 24.3 Å². The number of ether oxygens (including phenoxy) is 2. The number of likely N-dealkylation sites (tertiary alicyclic amines) is 1. The predicted molar refractivity (Wildman–Crippen MR) is 147 cm³/mol. The molecule has 1 amide bonds. The van der Waals surface area contributed by atoms with Gasteiger partial charge in [0.2, 0.25) is 5.91 Å². The molecule has 2 aliphatic heterocycles. The number of hydrogen-bond acceptors (Lipinski definition) is 6. The van der Waals surface area contributed by atoms with E-state index in [0.717, 1.165) is 94.2 Å². The molecule has 0 aliphatic carbocycles. The summed E-state index contributed by atoms with van der Waals surface area (Å²) < 4.78 is 12.4. The van der Waals surface area contributed by atoms with Crippen LogP contribution in [0.2, 0.25) is 0 Å². The lowest BCUT2D eigenvalue weighted by molar-refractivity contribution is -0.130. The molecule has 2 aromatic carbocycles. The Hall–Kier alpha value is -2.61. The van der Waals surface area contributed by atoms with E-state index in [2.05, 4.69) is 54.0 Å². The van der Waals surface area contributed by atoms with Crippen molar-refractivity contribution in [3.05, 3.63) is 47.5 Å². The number of rotatable bonds is 11. The molecule has 2 saturated heterocycles. The molecule has 0 spiro atoms. The van der Waals surface area contributed by atoms with E-state index in [1.165, 1.54) is 11.1 Å². The van der Waals surface area contributed by atoms with Crippen molar-refractivity contribution in [1.29, 1.82) is 0 Å². The van der Waals surface area contributed by atoms with Crippen LogP contribution < -0.4 is 9.47 Å². The first-order valence-electron chi connectivity index (χ1n) is 13.8. The standard InChI is InChI=1S/C30H43N3O4/c1-23-27(8-4-10-29(23)36-20-6-13-31-16-18-33(19-17-31)25(3)34)28-9-5-11-30(24(28)2)37-21-7-14-32-15-12-26(35)22-32/h4-5,8-11,26,35H,6-7,12-22H2,1-3H3. The van der Waals surface area contributed by atoms with Crippen LogP contribution in [0.15, 0.2) is 36.4 Å². The average Bonchev–Trinajstić information content (AvgIpc) is 3.31. The third kappa shape index (κ3) is 7.46. The second-order valence-corrected chi connectivity index (χ2v) is 10.4. The summed E-state index contributed by atoms with van der Waals surface area (Å²) in [7, 11) is 0. The van der Waals surface area contributed by atoms with Crippen LogP contribution in [0, 0.1) is 13.8 Å². The Bertz CT molecular complexity index is 1040. The molecule has 2 heterocycles. The van der Waals surface area contributed by atoms with E-state index in [-0.39, 0.29) is 12.0 Å². The topological polar surface area (TPSA) is 65.5 Å². The summed E-state index contributed by atoms with van der Waals surface area (Å²) in [5.74, 6) is 2.02. The Kier molecular flexibility index (Phi) is 9.83. The van der Waals surface area contributed by atoms with E-state index in [9.17, 15) is 9.90 Å². The number of carbonyl (C=O) groups excluding carboxylic acids is 1. The van der Waals surface area contributed by atoms with Crippen molar-refractivity contribution in [3.63, 3.8) is 0 Å². The van der Waals surface area contributed by atoms with Crippen LogP contribution in [0.3, 0.4) is 0 Å². The van der Waals surface area contributed by atoms with Gasteiger partial charge in [0, 0.05) is 59.3 Å². The summed E-state index contributed by atoms with van der Waals surface area (Å²) >= 11 is 0. The highest BCUT2D eigenvalue weighted by atomic mass is 16.5. The van der Waals surface area contributed by atoms with E-state index in [1.807, 2.05) is 11.0 Å². The van der Waals surface area contributed by atoms with Crippen molar-refractivity contribution < 1.29 is 19.4 Å². The number of aliphatic hydroxyl groups is 1. The molecule has 2 aliphatic rings. The van der Waals surface area contributed by atoms with E-state index < -0.39 is 0 Å². The maximum absolute atomic E-state index is 11.5. The monoisotopic (exact) mass is 509 g/mol. The molecule has 2 aromatic rings. The molecular weight excluding hydrogens is 466 g/mol. The SMILES string of the molecule is CC(=O)N1CCN(CCCOc2cccc(-c3cccc(OCCCN4CCC(O)C4)c3C)c2C)CC1. The third-order valence-corrected chi connectivity index (χ3v) is 7.68. The minimum absolute atomic E-state index is 0.169. The normalized spacial score (nSPS) is 18.8. The Morgan fingerprint density at radius 3 is 1.86 bits per heavy atom. The van der Waals surface area contributed by atoms with Crippen LogP contribution in [0.1, 0.15) is 37.3 Å². The van der Waals surface area contributed by atoms with Crippen LogP contribution in [0.25, 0.3) is 11.1 Å². The Balaban J connectivity index is 1.28. The summed E-state index contributed by atoms with van der Waals surface area (Å²) in [6.45, 7) is 14.5. The van der Waals surface area contributed by atoms with Crippen molar-refractivity contribution in [3.8, 4) is 22.6 Å². The van der Waals surface area contributed by atoms with Gasteiger partial charge in [0.15, 0.2) is 0 Å². The number of piperazine rings is 1. The summed E-state index contributed by atoms with van der Waals surface area (Å²) in [6.07, 6.45) is 2.62. The van der Waals surface area contributed by atoms with Crippen LogP contribution in [0.4, 0.5) is 0 Å². The number of amides is 1. The summed E-state index contributed by atoms with van der Waals surface area (Å²) in [5, 5.41) is 9.69. The molecule has 37 heavy (non-hydrogen) atoms. The van der Waals surface area contributed by atoms with Gasteiger partial charge in [-0.25, -0.2) is 0 Å². The fraction of sp³-hybridized carbons (Fsp3) is 0.567. The first-order valence-corrected chi connectivity index (χ1v) is 13.8. The van der Waals surface area contributed by atoms with Crippen molar-refractivity contribution >= 4 is 5.91 Å². The second-order valence-electron chi connectivity index (χ2n) is 10.4. The molecule has 0 aromatic heterocycles. The predicted octanol–water partition coefficient (Wildman–Crippen LogP) is 3.74. The molecule has 0 saturated carbocycles. The zero-order valence-corrected chi connectivity index (χ0v) is 22.7. The van der Waals surface area contributed by atoms with Gasteiger partial charge in [-0.3, -0.25) is 9.69 Å². The molecule has 0 bridgehead atoms. The van der Waals surface area contributed by atoms with Crippen molar-refractivity contribution in [2.75, 3.05) is 65.6 Å². The lowest BCUT2D eigenvalue weighted by atomic mass is 9.95. The van der Waals surface area contributed by atoms with E-state index in [4.69, 9.17) is 9.47 Å². The minimum Gasteiger partial charge on any atom is -0.493 e. The van der Waals surface area contributed by atoms with Gasteiger partial charge < -0.3 is 24.4 Å². The molecule has 1 N–H and O–H groups in total. The molecule has 0 radical (unpaired) electrons. The van der Waals surface area contributed by atoms with Crippen molar-refractivity contribution in [1.82, 2.24) is 14.7 Å². The summed E-state index contributed by atoms with van der Waals surface area (Å²) in [4.78, 5) is 18.1. The molecule has 1 atom stereocenters. The largest absolute Gasteiger partial charge is 0.493 e. The minimum atomic E-state index is -0.169. The highest BCUT2D eigenvalue weighted by Gasteiger charge is 2.20. The van der Waals surface area contributed by atoms with Gasteiger partial charge in [-0.15, -0.1) is 0 Å². The quantitative estimate of drug-likeness (QED) is 0.466. The highest BCUT2D eigenvalue weighted by Crippen LogP contribution is 2.35. The summed E-state index contributed by atoms with van der Waals surface area (Å²) in [5.41, 5.74) is 4.63. The van der Waals surface area contributed by atoms with Gasteiger partial charge in [-0.2, -0.15) is 0 Å². The molecule has 7 heteroatoms. The number of aliphatic hydroxyl groups excluding tert-OH is 1. The number of β-amino-alcohol motifs (C(OH)–C–C–N with tert-alkyl or cyclic N) is 1. The third-order valence-electron chi connectivity index (χ3n) is 7.68. The Labute approximate surface area is 222 Å². The van der Waals surface area contributed by atoms with E-state index >= 15 is 0 Å². The zero-order chi connectivity index (χ0) is 26.2. The van der Waals surface area contributed by atoms with Crippen LogP contribution in [-0.2, 0) is 4.79 Å². The molecule has 7 nitrogen and oxygen atoms in total. The fourth-order valence-electron chi connectivity index (χ4n) is 5.37. The van der Waals surface area contributed by atoms with Crippen LogP contribution in [0.5, 0.6) is 11.5 Å². The second kappa shape index (κ2) is 13.3. The van der Waals surface area contributed by atoms with Crippen LogP contribution >= 0.6 is 0 Å². The van der Waals surface area contributed by atoms with Gasteiger partial charge in [0.1, 0.15) is 11.5 Å². The van der Waals surface area contributed by atoms with Crippen LogP contribution in [-0.4, -0.2) is 97.4 Å². The molecule has 202 valence electrons. The average molecular weight is 510 g/mol. The summed E-state index contributed by atoms with van der Waals surface area (Å²) in [6, 6.07) is 12.5. The van der Waals surface area contributed by atoms with Gasteiger partial charge in [0.05, 0.1) is 19.3 Å². The van der Waals surface area contributed by atoms with Gasteiger partial charge in [-0.05, 0) is 67.5 Å². The first-order chi connectivity index (χ1) is 17.9. The number of hydrogen-bond donors (Lipinski definition) is 1. The maximum Gasteiger partial charge on any atom is 0.219 e. The smallest absolute Gasteiger partial charge is 0.219 e. The fourth-order valence-corrected chi connectivity index (χ4v) is 5.37. The molecule has 4 rings (SSSR count). The van der Waals surface area contributed by atoms with Gasteiger partial charge in [0.25, 0.3) is 0 Å². The Morgan fingerprint density at radius 1 is 0.838 bits per heavy atom. The van der Waals surface area contributed by atoms with E-state index in [1.54, 1.807) is 6.92 Å². The molecular formula is C30H43N3O4. The number of benzene rings is 2.